The summed E-state index contributed by atoms with van der Waals surface area (Å²) < 4.78 is 44.9. The fourth-order valence-corrected chi connectivity index (χ4v) is 5.82. The first-order valence-corrected chi connectivity index (χ1v) is 9.44. The van der Waals surface area contributed by atoms with Gasteiger partial charge in [-0.15, -0.1) is 0 Å². The number of nitriles is 1. The molecule has 1 aliphatic carbocycles. The lowest BCUT2D eigenvalue weighted by Gasteiger charge is -2.08. The molecule has 0 aliphatic heterocycles. The molecule has 0 bridgehead atoms. The lowest BCUT2D eigenvalue weighted by atomic mass is 10.0. The fraction of sp³-hybridized carbons (Fsp3) is 0.278. The lowest BCUT2D eigenvalue weighted by molar-refractivity contribution is 0.162. The molecule has 7 heteroatoms. The van der Waals surface area contributed by atoms with E-state index in [0.29, 0.717) is 10.6 Å². The molecule has 130 valence electrons. The quantitative estimate of drug-likeness (QED) is 0.796. The summed E-state index contributed by atoms with van der Waals surface area (Å²) in [7, 11) is -2.41. The topological polar surface area (TPSA) is 67.2 Å². The predicted molar refractivity (Wildman–Crippen MR) is 91.5 cm³/mol. The smallest absolute Gasteiger partial charge is 0.183 e. The molecule has 0 saturated heterocycles. The summed E-state index contributed by atoms with van der Waals surface area (Å²) in [6.45, 7) is -0.0534. The molecule has 0 radical (unpaired) electrons. The molecule has 1 aliphatic rings. The highest BCUT2D eigenvalue weighted by molar-refractivity contribution is 7.92. The van der Waals surface area contributed by atoms with E-state index in [0.717, 1.165) is 0 Å². The lowest BCUT2D eigenvalue weighted by Crippen LogP contribution is -2.19. The molecule has 0 aromatic heterocycles. The summed E-state index contributed by atoms with van der Waals surface area (Å²) in [5, 5.41) is 9.11. The molecule has 1 fully saturated rings. The average Bonchev–Trinajstić information content (AvgIpc) is 3.26. The molecule has 3 atom stereocenters. The second kappa shape index (κ2) is 6.41. The normalized spacial score (nSPS) is 25.4. The van der Waals surface area contributed by atoms with Crippen LogP contribution in [-0.4, -0.2) is 27.4 Å². The molecule has 1 saturated carbocycles. The zero-order valence-corrected chi connectivity index (χ0v) is 14.9. The van der Waals surface area contributed by atoms with Gasteiger partial charge in [0.15, 0.2) is 9.84 Å². The Bertz CT molecular complexity index is 940. The van der Waals surface area contributed by atoms with Gasteiger partial charge < -0.3 is 4.74 Å². The molecular formula is C18H15ClFNO3S. The van der Waals surface area contributed by atoms with Crippen molar-refractivity contribution in [2.75, 3.05) is 13.7 Å². The van der Waals surface area contributed by atoms with E-state index in [-0.39, 0.29) is 11.5 Å². The Balaban J connectivity index is 2.09. The maximum atomic E-state index is 13.6. The third-order valence-electron chi connectivity index (χ3n) is 4.53. The molecule has 2 aromatic rings. The van der Waals surface area contributed by atoms with Crippen LogP contribution in [0, 0.1) is 22.6 Å². The van der Waals surface area contributed by atoms with Gasteiger partial charge in [-0.05, 0) is 42.0 Å². The Morgan fingerprint density at radius 3 is 2.52 bits per heavy atom. The highest BCUT2D eigenvalue weighted by Crippen LogP contribution is 2.63. The minimum atomic E-state index is -3.82. The minimum absolute atomic E-state index is 0.0534. The maximum Gasteiger partial charge on any atom is 0.183 e. The van der Waals surface area contributed by atoms with Crippen LogP contribution in [0.2, 0.25) is 5.02 Å². The largest absolute Gasteiger partial charge is 0.383 e. The molecular weight excluding hydrogens is 365 g/mol. The Morgan fingerprint density at radius 2 is 1.96 bits per heavy atom. The van der Waals surface area contributed by atoms with Crippen molar-refractivity contribution in [3.05, 3.63) is 64.9 Å². The molecule has 0 N–H and O–H groups in total. The third kappa shape index (κ3) is 2.93. The van der Waals surface area contributed by atoms with Crippen molar-refractivity contribution in [2.45, 2.75) is 16.1 Å². The van der Waals surface area contributed by atoms with E-state index < -0.39 is 32.2 Å². The van der Waals surface area contributed by atoms with E-state index in [1.165, 1.54) is 49.6 Å². The SMILES string of the molecule is COC[C@]1(C#N)[C@H](c2cccc(F)c2)[C@@H]1S(=O)(=O)c1ccc(Cl)cc1. The van der Waals surface area contributed by atoms with Crippen LogP contribution in [0.3, 0.4) is 0 Å². The molecule has 0 amide bonds. The van der Waals surface area contributed by atoms with Crippen LogP contribution >= 0.6 is 11.6 Å². The number of benzene rings is 2. The van der Waals surface area contributed by atoms with E-state index >= 15 is 0 Å². The van der Waals surface area contributed by atoms with Crippen molar-refractivity contribution in [1.29, 1.82) is 5.26 Å². The van der Waals surface area contributed by atoms with Crippen molar-refractivity contribution >= 4 is 21.4 Å². The minimum Gasteiger partial charge on any atom is -0.383 e. The van der Waals surface area contributed by atoms with Crippen LogP contribution in [-0.2, 0) is 14.6 Å². The average molecular weight is 380 g/mol. The number of halogens is 2. The van der Waals surface area contributed by atoms with Crippen molar-refractivity contribution in [1.82, 2.24) is 0 Å². The van der Waals surface area contributed by atoms with Crippen LogP contribution < -0.4 is 0 Å². The molecule has 4 nitrogen and oxygen atoms in total. The number of ether oxygens (including phenoxy) is 1. The Labute approximate surface area is 150 Å². The summed E-state index contributed by atoms with van der Waals surface area (Å²) in [4.78, 5) is 0.0801. The molecule has 0 heterocycles. The van der Waals surface area contributed by atoms with Gasteiger partial charge in [0.2, 0.25) is 0 Å². The molecule has 0 unspecified atom stereocenters. The van der Waals surface area contributed by atoms with Gasteiger partial charge in [-0.2, -0.15) is 5.26 Å². The van der Waals surface area contributed by atoms with E-state index in [1.54, 1.807) is 6.07 Å². The number of nitrogens with zero attached hydrogens (tertiary/aromatic N) is 1. The highest BCUT2D eigenvalue weighted by Gasteiger charge is 2.72. The van der Waals surface area contributed by atoms with Gasteiger partial charge in [0, 0.05) is 18.1 Å². The predicted octanol–water partition coefficient (Wildman–Crippen LogP) is 3.58. The van der Waals surface area contributed by atoms with Crippen molar-refractivity contribution in [3.8, 4) is 6.07 Å². The van der Waals surface area contributed by atoms with Gasteiger partial charge in [0.25, 0.3) is 0 Å². The summed E-state index contributed by atoms with van der Waals surface area (Å²) in [5.74, 6) is -1.13. The van der Waals surface area contributed by atoms with Crippen LogP contribution in [0.5, 0.6) is 0 Å². The van der Waals surface area contributed by atoms with E-state index in [9.17, 15) is 18.1 Å². The molecule has 0 spiro atoms. The summed E-state index contributed by atoms with van der Waals surface area (Å²) in [6.07, 6.45) is 0. The van der Waals surface area contributed by atoms with Gasteiger partial charge in [0.05, 0.1) is 22.8 Å². The second-order valence-electron chi connectivity index (χ2n) is 6.04. The monoisotopic (exact) mass is 379 g/mol. The maximum absolute atomic E-state index is 13.6. The molecule has 2 aromatic carbocycles. The van der Waals surface area contributed by atoms with Gasteiger partial charge in [-0.25, -0.2) is 12.8 Å². The van der Waals surface area contributed by atoms with Crippen molar-refractivity contribution in [2.24, 2.45) is 5.41 Å². The number of rotatable bonds is 5. The second-order valence-corrected chi connectivity index (χ2v) is 8.54. The van der Waals surface area contributed by atoms with Gasteiger partial charge in [-0.3, -0.25) is 0 Å². The van der Waals surface area contributed by atoms with Crippen molar-refractivity contribution < 1.29 is 17.5 Å². The van der Waals surface area contributed by atoms with Crippen LogP contribution in [0.25, 0.3) is 0 Å². The number of sulfone groups is 1. The summed E-state index contributed by atoms with van der Waals surface area (Å²) in [6, 6.07) is 13.6. The first-order chi connectivity index (χ1) is 11.9. The van der Waals surface area contributed by atoms with Crippen LogP contribution in [0.4, 0.5) is 4.39 Å². The van der Waals surface area contributed by atoms with E-state index in [2.05, 4.69) is 6.07 Å². The standard InChI is InChI=1S/C18H15ClFNO3S/c1-24-11-18(10-21)16(12-3-2-4-14(20)9-12)17(18)25(22,23)15-7-5-13(19)6-8-15/h2-9,16-17H,11H2,1H3/t16-,17+,18-/m1/s1. The van der Waals surface area contributed by atoms with Crippen LogP contribution in [0.1, 0.15) is 11.5 Å². The van der Waals surface area contributed by atoms with Gasteiger partial charge >= 0.3 is 0 Å². The zero-order valence-electron chi connectivity index (χ0n) is 13.3. The Hall–Kier alpha value is -1.94. The molecule has 25 heavy (non-hydrogen) atoms. The van der Waals surface area contributed by atoms with Gasteiger partial charge in [0.1, 0.15) is 11.2 Å². The van der Waals surface area contributed by atoms with Gasteiger partial charge in [-0.1, -0.05) is 23.7 Å². The summed E-state index contributed by atoms with van der Waals surface area (Å²) >= 11 is 5.82. The third-order valence-corrected chi connectivity index (χ3v) is 7.07. The van der Waals surface area contributed by atoms with E-state index in [1.807, 2.05) is 0 Å². The number of hydrogen-bond donors (Lipinski definition) is 0. The number of hydrogen-bond acceptors (Lipinski definition) is 4. The Morgan fingerprint density at radius 1 is 1.28 bits per heavy atom. The zero-order chi connectivity index (χ0) is 18.2. The van der Waals surface area contributed by atoms with E-state index in [4.69, 9.17) is 16.3 Å². The van der Waals surface area contributed by atoms with Crippen molar-refractivity contribution in [3.63, 3.8) is 0 Å². The Kier molecular flexibility index (Phi) is 4.58. The highest BCUT2D eigenvalue weighted by atomic mass is 35.5. The number of methoxy groups -OCH3 is 1. The fourth-order valence-electron chi connectivity index (χ4n) is 3.38. The van der Waals surface area contributed by atoms with Crippen LogP contribution in [0.15, 0.2) is 53.4 Å². The molecule has 3 rings (SSSR count). The first-order valence-electron chi connectivity index (χ1n) is 7.52. The first kappa shape index (κ1) is 17.9. The summed E-state index contributed by atoms with van der Waals surface area (Å²) in [5.41, 5.74) is -0.776.